The molecule has 0 aromatic heterocycles. The molecular weight excluding hydrogens is 193 g/mol. The zero-order valence-electron chi connectivity index (χ0n) is 9.26. The number of nitrogens with one attached hydrogen (secondary N) is 1. The minimum absolute atomic E-state index is 0.163. The molecule has 0 bridgehead atoms. The molecule has 0 aliphatic rings. The molecule has 0 saturated heterocycles. The van der Waals surface area contributed by atoms with Crippen LogP contribution in [-0.4, -0.2) is 17.8 Å². The fraction of sp³-hybridized carbons (Fsp3) is 0.500. The highest BCUT2D eigenvalue weighted by molar-refractivity contribution is 5.23. The lowest BCUT2D eigenvalue weighted by molar-refractivity contribution is 0.268. The van der Waals surface area contributed by atoms with Gasteiger partial charge in [0.2, 0.25) is 0 Å². The van der Waals surface area contributed by atoms with Crippen molar-refractivity contribution in [3.63, 3.8) is 0 Å². The number of benzene rings is 1. The van der Waals surface area contributed by atoms with Crippen molar-refractivity contribution in [2.75, 3.05) is 6.61 Å². The molecular formula is C12H18FNO. The summed E-state index contributed by atoms with van der Waals surface area (Å²) in [6.45, 7) is 4.57. The topological polar surface area (TPSA) is 32.3 Å². The zero-order valence-corrected chi connectivity index (χ0v) is 9.26. The van der Waals surface area contributed by atoms with Gasteiger partial charge < -0.3 is 10.4 Å². The van der Waals surface area contributed by atoms with Gasteiger partial charge in [-0.2, -0.15) is 0 Å². The summed E-state index contributed by atoms with van der Waals surface area (Å²) in [5, 5.41) is 11.9. The molecule has 1 atom stereocenters. The van der Waals surface area contributed by atoms with E-state index in [2.05, 4.69) is 5.32 Å². The van der Waals surface area contributed by atoms with Gasteiger partial charge in [-0.05, 0) is 37.5 Å². The molecule has 2 N–H and O–H groups in total. The van der Waals surface area contributed by atoms with Gasteiger partial charge in [-0.25, -0.2) is 4.39 Å². The molecule has 84 valence electrons. The van der Waals surface area contributed by atoms with Gasteiger partial charge in [0, 0.05) is 19.2 Å². The fourth-order valence-corrected chi connectivity index (χ4v) is 1.33. The van der Waals surface area contributed by atoms with E-state index in [1.54, 1.807) is 19.1 Å². The molecule has 0 amide bonds. The monoisotopic (exact) mass is 211 g/mol. The Morgan fingerprint density at radius 3 is 2.80 bits per heavy atom. The van der Waals surface area contributed by atoms with Crippen molar-refractivity contribution >= 4 is 0 Å². The van der Waals surface area contributed by atoms with Crippen LogP contribution in [-0.2, 0) is 6.54 Å². The summed E-state index contributed by atoms with van der Waals surface area (Å²) in [4.78, 5) is 0. The van der Waals surface area contributed by atoms with Gasteiger partial charge >= 0.3 is 0 Å². The average molecular weight is 211 g/mol. The van der Waals surface area contributed by atoms with Gasteiger partial charge in [0.15, 0.2) is 0 Å². The lowest BCUT2D eigenvalue weighted by Crippen LogP contribution is -2.26. The molecule has 0 aliphatic carbocycles. The molecule has 1 rings (SSSR count). The van der Waals surface area contributed by atoms with E-state index >= 15 is 0 Å². The molecule has 0 radical (unpaired) electrons. The lowest BCUT2D eigenvalue weighted by Gasteiger charge is -2.12. The number of rotatable bonds is 5. The largest absolute Gasteiger partial charge is 0.396 e. The lowest BCUT2D eigenvalue weighted by atomic mass is 10.1. The maximum Gasteiger partial charge on any atom is 0.126 e. The van der Waals surface area contributed by atoms with E-state index in [4.69, 9.17) is 5.11 Å². The van der Waals surface area contributed by atoms with E-state index in [1.807, 2.05) is 13.0 Å². The Balaban J connectivity index is 2.47. The third kappa shape index (κ3) is 3.98. The van der Waals surface area contributed by atoms with Gasteiger partial charge in [-0.1, -0.05) is 12.1 Å². The van der Waals surface area contributed by atoms with E-state index in [0.717, 1.165) is 5.56 Å². The molecule has 1 aromatic rings. The van der Waals surface area contributed by atoms with Crippen LogP contribution in [0.1, 0.15) is 24.5 Å². The first-order valence-electron chi connectivity index (χ1n) is 5.22. The highest BCUT2D eigenvalue weighted by atomic mass is 19.1. The minimum Gasteiger partial charge on any atom is -0.396 e. The van der Waals surface area contributed by atoms with Crippen molar-refractivity contribution in [3.05, 3.63) is 35.1 Å². The van der Waals surface area contributed by atoms with Crippen molar-refractivity contribution in [1.29, 1.82) is 0 Å². The van der Waals surface area contributed by atoms with Crippen molar-refractivity contribution < 1.29 is 9.50 Å². The SMILES string of the molecule is Cc1ccc(CN[C@H](C)CCO)cc1F. The standard InChI is InChI=1S/C12H18FNO/c1-9-3-4-11(7-12(9)13)8-14-10(2)5-6-15/h3-4,7,10,14-15H,5-6,8H2,1-2H3/t10-/m1/s1. The summed E-state index contributed by atoms with van der Waals surface area (Å²) in [7, 11) is 0. The summed E-state index contributed by atoms with van der Waals surface area (Å²) in [6.07, 6.45) is 0.717. The quantitative estimate of drug-likeness (QED) is 0.780. The van der Waals surface area contributed by atoms with Gasteiger partial charge in [0.25, 0.3) is 0 Å². The number of aliphatic hydroxyl groups excluding tert-OH is 1. The third-order valence-electron chi connectivity index (χ3n) is 2.45. The molecule has 0 heterocycles. The number of aliphatic hydroxyl groups is 1. The Bertz CT molecular complexity index is 314. The fourth-order valence-electron chi connectivity index (χ4n) is 1.33. The van der Waals surface area contributed by atoms with Crippen LogP contribution >= 0.6 is 0 Å². The number of aryl methyl sites for hydroxylation is 1. The van der Waals surface area contributed by atoms with Gasteiger partial charge in [-0.3, -0.25) is 0 Å². The molecule has 0 saturated carbocycles. The normalized spacial score (nSPS) is 12.8. The maximum absolute atomic E-state index is 13.2. The van der Waals surface area contributed by atoms with E-state index in [1.165, 1.54) is 0 Å². The second kappa shape index (κ2) is 5.83. The first-order chi connectivity index (χ1) is 7.13. The molecule has 0 unspecified atom stereocenters. The summed E-state index contributed by atoms with van der Waals surface area (Å²) in [5.41, 5.74) is 1.60. The van der Waals surface area contributed by atoms with Crippen molar-refractivity contribution in [2.45, 2.75) is 32.9 Å². The maximum atomic E-state index is 13.2. The highest BCUT2D eigenvalue weighted by Crippen LogP contribution is 2.09. The van der Waals surface area contributed by atoms with Crippen molar-refractivity contribution in [1.82, 2.24) is 5.32 Å². The number of hydrogen-bond donors (Lipinski definition) is 2. The van der Waals surface area contributed by atoms with Crippen LogP contribution in [0.2, 0.25) is 0 Å². The first kappa shape index (κ1) is 12.1. The van der Waals surface area contributed by atoms with Crippen molar-refractivity contribution in [2.24, 2.45) is 0 Å². The summed E-state index contributed by atoms with van der Waals surface area (Å²) in [6, 6.07) is 5.49. The zero-order chi connectivity index (χ0) is 11.3. The van der Waals surface area contributed by atoms with Crippen LogP contribution in [0.5, 0.6) is 0 Å². The van der Waals surface area contributed by atoms with Crippen LogP contribution in [0, 0.1) is 12.7 Å². The summed E-state index contributed by atoms with van der Waals surface area (Å²) in [5.74, 6) is -0.163. The predicted octanol–water partition coefficient (Wildman–Crippen LogP) is 1.99. The van der Waals surface area contributed by atoms with Crippen LogP contribution in [0.15, 0.2) is 18.2 Å². The van der Waals surface area contributed by atoms with E-state index in [-0.39, 0.29) is 18.5 Å². The van der Waals surface area contributed by atoms with E-state index in [0.29, 0.717) is 18.5 Å². The van der Waals surface area contributed by atoms with Gasteiger partial charge in [0.1, 0.15) is 5.82 Å². The van der Waals surface area contributed by atoms with Gasteiger partial charge in [-0.15, -0.1) is 0 Å². The highest BCUT2D eigenvalue weighted by Gasteiger charge is 2.02. The Labute approximate surface area is 90.1 Å². The first-order valence-corrected chi connectivity index (χ1v) is 5.22. The molecule has 15 heavy (non-hydrogen) atoms. The van der Waals surface area contributed by atoms with Crippen LogP contribution in [0.25, 0.3) is 0 Å². The molecule has 0 fully saturated rings. The smallest absolute Gasteiger partial charge is 0.126 e. The second-order valence-electron chi connectivity index (χ2n) is 3.88. The number of hydrogen-bond acceptors (Lipinski definition) is 2. The van der Waals surface area contributed by atoms with E-state index in [9.17, 15) is 4.39 Å². The second-order valence-corrected chi connectivity index (χ2v) is 3.88. The Hall–Kier alpha value is -0.930. The predicted molar refractivity (Wildman–Crippen MR) is 59.1 cm³/mol. The van der Waals surface area contributed by atoms with Crippen molar-refractivity contribution in [3.8, 4) is 0 Å². The third-order valence-corrected chi connectivity index (χ3v) is 2.45. The van der Waals surface area contributed by atoms with Crippen LogP contribution in [0.3, 0.4) is 0 Å². The Kier molecular flexibility index (Phi) is 4.72. The molecule has 0 spiro atoms. The van der Waals surface area contributed by atoms with E-state index < -0.39 is 0 Å². The molecule has 1 aromatic carbocycles. The van der Waals surface area contributed by atoms with Crippen LogP contribution in [0.4, 0.5) is 4.39 Å². The Morgan fingerprint density at radius 1 is 1.47 bits per heavy atom. The Morgan fingerprint density at radius 2 is 2.20 bits per heavy atom. The molecule has 2 nitrogen and oxygen atoms in total. The summed E-state index contributed by atoms with van der Waals surface area (Å²) >= 11 is 0. The average Bonchev–Trinajstić information content (AvgIpc) is 2.20. The number of halogens is 1. The molecule has 0 aliphatic heterocycles. The van der Waals surface area contributed by atoms with Crippen LogP contribution < -0.4 is 5.32 Å². The van der Waals surface area contributed by atoms with Gasteiger partial charge in [0.05, 0.1) is 0 Å². The minimum atomic E-state index is -0.163. The summed E-state index contributed by atoms with van der Waals surface area (Å²) < 4.78 is 13.2. The molecule has 3 heteroatoms.